The molecule has 3 heterocycles. The number of benzene rings is 8. The monoisotopic (exact) mass is 698 g/mol. The Kier molecular flexibility index (Phi) is 6.89. The predicted octanol–water partition coefficient (Wildman–Crippen LogP) is 13.7. The van der Waals surface area contributed by atoms with Crippen LogP contribution in [0.4, 0.5) is 5.69 Å². The highest BCUT2D eigenvalue weighted by Gasteiger charge is 2.17. The van der Waals surface area contributed by atoms with Gasteiger partial charge in [0.15, 0.2) is 5.69 Å². The summed E-state index contributed by atoms with van der Waals surface area (Å²) in [4.78, 5) is 13.1. The minimum atomic E-state index is 0.638. The van der Waals surface area contributed by atoms with Crippen LogP contribution in [0.3, 0.4) is 0 Å². The zero-order valence-corrected chi connectivity index (χ0v) is 29.6. The third-order valence-corrected chi connectivity index (χ3v) is 10.9. The van der Waals surface area contributed by atoms with Crippen LogP contribution in [0.25, 0.3) is 109 Å². The Balaban J connectivity index is 1.06. The van der Waals surface area contributed by atoms with Gasteiger partial charge in [0.05, 0.1) is 23.5 Å². The summed E-state index contributed by atoms with van der Waals surface area (Å²) in [5, 5.41) is 9.76. The van der Waals surface area contributed by atoms with E-state index < -0.39 is 0 Å². The van der Waals surface area contributed by atoms with Crippen LogP contribution in [0.15, 0.2) is 182 Å². The minimum absolute atomic E-state index is 0.638. The number of hydrogen-bond acceptors (Lipinski definition) is 2. The van der Waals surface area contributed by atoms with E-state index in [1.54, 1.807) is 0 Å². The minimum Gasteiger partial charge on any atom is -0.310 e. The molecule has 0 atom stereocenters. The lowest BCUT2D eigenvalue weighted by molar-refractivity contribution is 1.18. The molecule has 4 nitrogen and oxygen atoms in total. The van der Waals surface area contributed by atoms with Gasteiger partial charge in [-0.15, -0.1) is 0 Å². The second kappa shape index (κ2) is 12.2. The fraction of sp³-hybridized carbons (Fsp3) is 0. The molecule has 4 heteroatoms. The zero-order chi connectivity index (χ0) is 36.5. The molecule has 0 radical (unpaired) electrons. The first-order chi connectivity index (χ1) is 27.2. The average Bonchev–Trinajstić information content (AvgIpc) is 3.58. The van der Waals surface area contributed by atoms with Crippen molar-refractivity contribution in [3.63, 3.8) is 0 Å². The second-order valence-electron chi connectivity index (χ2n) is 14.2. The lowest BCUT2D eigenvalue weighted by atomic mass is 9.88. The maximum Gasteiger partial charge on any atom is 0.189 e. The first-order valence-corrected chi connectivity index (χ1v) is 18.4. The first-order valence-electron chi connectivity index (χ1n) is 18.4. The SMILES string of the molecule is [C-]#[N+]c1ccc2c3ccc(-c4cc5ccc6cc(-c7cc(-c8ccccn8)cc(-c8ccccn8)c7)cc7ccc(c4)c5c67)cc3n(-c3ccccc3)c2c1. The Morgan fingerprint density at radius 3 is 1.44 bits per heavy atom. The molecule has 0 unspecified atom stereocenters. The number of hydrogen-bond donors (Lipinski definition) is 0. The summed E-state index contributed by atoms with van der Waals surface area (Å²) >= 11 is 0. The summed E-state index contributed by atoms with van der Waals surface area (Å²) in [7, 11) is 0. The van der Waals surface area contributed by atoms with Gasteiger partial charge in [-0.05, 0) is 146 Å². The molecule has 0 saturated carbocycles. The fourth-order valence-electron chi connectivity index (χ4n) is 8.44. The molecular formula is C51H30N4. The van der Waals surface area contributed by atoms with Crippen LogP contribution in [0, 0.1) is 6.57 Å². The molecule has 0 amide bonds. The molecule has 11 rings (SSSR count). The summed E-state index contributed by atoms with van der Waals surface area (Å²) < 4.78 is 2.29. The lowest BCUT2D eigenvalue weighted by Crippen LogP contribution is -1.93. The topological polar surface area (TPSA) is 35.1 Å². The van der Waals surface area contributed by atoms with Crippen molar-refractivity contribution >= 4 is 59.8 Å². The zero-order valence-electron chi connectivity index (χ0n) is 29.6. The Morgan fingerprint density at radius 2 is 0.891 bits per heavy atom. The molecule has 0 aliphatic rings. The van der Waals surface area contributed by atoms with E-state index in [2.05, 4.69) is 147 Å². The average molecular weight is 699 g/mol. The molecule has 254 valence electrons. The van der Waals surface area contributed by atoms with Crippen LogP contribution in [0.2, 0.25) is 0 Å². The van der Waals surface area contributed by atoms with Crippen LogP contribution in [-0.2, 0) is 0 Å². The summed E-state index contributed by atoms with van der Waals surface area (Å²) in [5.74, 6) is 0. The third kappa shape index (κ3) is 5.06. The standard InChI is InChI=1S/C51H30N4/c1-52-42-18-20-45-44-19-17-32(30-48(44)55(49(45)31-42)43-9-3-2-4-10-43)37-23-33-13-15-35-25-38(26-36-16-14-34(24-37)50(33)51(35)36)39-27-40(46-11-5-7-21-53-46)29-41(28-39)47-12-6-8-22-54-47/h2-31H. The number of fused-ring (bicyclic) bond motifs is 3. The van der Waals surface area contributed by atoms with Crippen LogP contribution in [0.1, 0.15) is 0 Å². The van der Waals surface area contributed by atoms with E-state index in [9.17, 15) is 0 Å². The third-order valence-electron chi connectivity index (χ3n) is 10.9. The smallest absolute Gasteiger partial charge is 0.189 e. The maximum absolute atomic E-state index is 7.66. The van der Waals surface area contributed by atoms with E-state index in [1.807, 2.05) is 54.9 Å². The van der Waals surface area contributed by atoms with Crippen molar-refractivity contribution in [1.82, 2.24) is 14.5 Å². The Hall–Kier alpha value is -7.61. The van der Waals surface area contributed by atoms with Crippen molar-refractivity contribution in [3.8, 4) is 50.5 Å². The maximum atomic E-state index is 7.66. The lowest BCUT2D eigenvalue weighted by Gasteiger charge is -2.16. The number of pyridine rings is 2. The molecule has 0 bridgehead atoms. The van der Waals surface area contributed by atoms with Gasteiger partial charge in [0.2, 0.25) is 0 Å². The van der Waals surface area contributed by atoms with E-state index in [4.69, 9.17) is 6.57 Å². The van der Waals surface area contributed by atoms with Crippen molar-refractivity contribution < 1.29 is 0 Å². The first kappa shape index (κ1) is 31.0. The van der Waals surface area contributed by atoms with Gasteiger partial charge in [0, 0.05) is 45.5 Å². The fourth-order valence-corrected chi connectivity index (χ4v) is 8.44. The van der Waals surface area contributed by atoms with Crippen molar-refractivity contribution in [3.05, 3.63) is 194 Å². The van der Waals surface area contributed by atoms with Crippen molar-refractivity contribution in [2.45, 2.75) is 0 Å². The summed E-state index contributed by atoms with van der Waals surface area (Å²) in [6, 6.07) is 60.3. The van der Waals surface area contributed by atoms with Crippen molar-refractivity contribution in [2.24, 2.45) is 0 Å². The van der Waals surface area contributed by atoms with E-state index in [0.29, 0.717) is 5.69 Å². The summed E-state index contributed by atoms with van der Waals surface area (Å²) in [5.41, 5.74) is 12.5. The molecule has 3 aromatic heterocycles. The van der Waals surface area contributed by atoms with Crippen LogP contribution in [0.5, 0.6) is 0 Å². The Morgan fingerprint density at radius 1 is 0.400 bits per heavy atom. The Labute approximate surface area is 317 Å². The van der Waals surface area contributed by atoms with Gasteiger partial charge < -0.3 is 4.57 Å². The van der Waals surface area contributed by atoms with Gasteiger partial charge in [0.1, 0.15) is 0 Å². The summed E-state index contributed by atoms with van der Waals surface area (Å²) in [6.07, 6.45) is 3.69. The van der Waals surface area contributed by atoms with Gasteiger partial charge in [-0.2, -0.15) is 0 Å². The van der Waals surface area contributed by atoms with Gasteiger partial charge in [0.25, 0.3) is 0 Å². The molecule has 0 saturated heterocycles. The highest BCUT2D eigenvalue weighted by atomic mass is 15.0. The number of nitrogens with zero attached hydrogens (tertiary/aromatic N) is 4. The molecule has 0 aliphatic heterocycles. The molecule has 55 heavy (non-hydrogen) atoms. The molecule has 0 N–H and O–H groups in total. The molecule has 11 aromatic rings. The molecular weight excluding hydrogens is 669 g/mol. The molecule has 8 aromatic carbocycles. The Bertz CT molecular complexity index is 3180. The predicted molar refractivity (Wildman–Crippen MR) is 228 cm³/mol. The number of para-hydroxylation sites is 1. The number of rotatable bonds is 5. The highest BCUT2D eigenvalue weighted by Crippen LogP contribution is 2.42. The molecule has 0 spiro atoms. The van der Waals surface area contributed by atoms with Crippen LogP contribution < -0.4 is 0 Å². The van der Waals surface area contributed by atoms with Gasteiger partial charge in [-0.1, -0.05) is 78.9 Å². The normalized spacial score (nSPS) is 11.6. The van der Waals surface area contributed by atoms with Crippen LogP contribution >= 0.6 is 0 Å². The number of aromatic nitrogens is 3. The quantitative estimate of drug-likeness (QED) is 0.132. The van der Waals surface area contributed by atoms with Crippen molar-refractivity contribution in [2.75, 3.05) is 0 Å². The molecule has 0 fully saturated rings. The van der Waals surface area contributed by atoms with E-state index in [-0.39, 0.29) is 0 Å². The van der Waals surface area contributed by atoms with E-state index in [1.165, 1.54) is 43.3 Å². The van der Waals surface area contributed by atoms with Crippen LogP contribution in [-0.4, -0.2) is 14.5 Å². The summed E-state index contributed by atoms with van der Waals surface area (Å²) in [6.45, 7) is 7.66. The van der Waals surface area contributed by atoms with E-state index in [0.717, 1.165) is 61.3 Å². The second-order valence-corrected chi connectivity index (χ2v) is 14.2. The highest BCUT2D eigenvalue weighted by molar-refractivity contribution is 6.24. The van der Waals surface area contributed by atoms with Gasteiger partial charge in [-0.25, -0.2) is 4.85 Å². The largest absolute Gasteiger partial charge is 0.310 e. The van der Waals surface area contributed by atoms with Gasteiger partial charge >= 0.3 is 0 Å². The van der Waals surface area contributed by atoms with Crippen molar-refractivity contribution in [1.29, 1.82) is 0 Å². The molecule has 0 aliphatic carbocycles. The van der Waals surface area contributed by atoms with Gasteiger partial charge in [-0.3, -0.25) is 9.97 Å². The van der Waals surface area contributed by atoms with E-state index >= 15 is 0 Å².